The van der Waals surface area contributed by atoms with Gasteiger partial charge in [0.05, 0.1) is 32.0 Å². The van der Waals surface area contributed by atoms with Crippen molar-refractivity contribution in [3.63, 3.8) is 0 Å². The number of amides is 3. The van der Waals surface area contributed by atoms with Gasteiger partial charge in [-0.15, -0.1) is 0 Å². The third-order valence-electron chi connectivity index (χ3n) is 3.38. The average molecular weight is 276 g/mol. The number of carbonyl (C=O) groups excluding carboxylic acids is 2. The normalized spacial score (nSPS) is 19.4. The Labute approximate surface area is 116 Å². The number of morpholine rings is 1. The first-order valence-electron chi connectivity index (χ1n) is 6.61. The summed E-state index contributed by atoms with van der Waals surface area (Å²) in [6, 6.07) is 5.29. The number of hydrogen-bond acceptors (Lipinski definition) is 5. The lowest BCUT2D eigenvalue weighted by molar-refractivity contribution is -0.125. The van der Waals surface area contributed by atoms with Crippen LogP contribution in [0.2, 0.25) is 0 Å². The first kappa shape index (κ1) is 12.9. The molecule has 0 radical (unpaired) electrons. The van der Waals surface area contributed by atoms with E-state index in [2.05, 4.69) is 15.2 Å². The van der Waals surface area contributed by atoms with Gasteiger partial charge in [0, 0.05) is 13.1 Å². The molecule has 3 heterocycles. The van der Waals surface area contributed by atoms with E-state index in [0.717, 1.165) is 18.9 Å². The number of ether oxygens (including phenoxy) is 1. The molecule has 2 saturated heterocycles. The van der Waals surface area contributed by atoms with E-state index >= 15 is 0 Å². The number of aromatic nitrogens is 1. The zero-order chi connectivity index (χ0) is 13.9. The number of nitrogens with zero attached hydrogens (tertiary/aromatic N) is 3. The van der Waals surface area contributed by atoms with Gasteiger partial charge < -0.3 is 15.0 Å². The zero-order valence-electron chi connectivity index (χ0n) is 11.0. The number of imide groups is 1. The molecular weight excluding hydrogens is 260 g/mol. The van der Waals surface area contributed by atoms with Crippen LogP contribution in [0, 0.1) is 0 Å². The van der Waals surface area contributed by atoms with Crippen LogP contribution in [-0.4, -0.2) is 54.7 Å². The standard InChI is InChI=1S/C13H16N4O3/c18-12-8-14-13(19)17(12)9-10-2-1-3-11(15-10)16-4-6-20-7-5-16/h1-3H,4-9H2,(H,14,19). The van der Waals surface area contributed by atoms with E-state index in [0.29, 0.717) is 18.9 Å². The second-order valence-electron chi connectivity index (χ2n) is 4.73. The van der Waals surface area contributed by atoms with Crippen molar-refractivity contribution in [3.05, 3.63) is 23.9 Å². The van der Waals surface area contributed by atoms with Gasteiger partial charge in [0.25, 0.3) is 0 Å². The van der Waals surface area contributed by atoms with E-state index in [1.54, 1.807) is 0 Å². The molecule has 1 aromatic rings. The molecule has 2 aliphatic heterocycles. The van der Waals surface area contributed by atoms with Crippen LogP contribution in [0.3, 0.4) is 0 Å². The fraction of sp³-hybridized carbons (Fsp3) is 0.462. The molecule has 20 heavy (non-hydrogen) atoms. The number of pyridine rings is 1. The predicted octanol–water partition coefficient (Wildman–Crippen LogP) is -0.0300. The minimum absolute atomic E-state index is 0.0714. The van der Waals surface area contributed by atoms with Crippen molar-refractivity contribution in [1.82, 2.24) is 15.2 Å². The summed E-state index contributed by atoms with van der Waals surface area (Å²) in [5.41, 5.74) is 0.708. The second-order valence-corrected chi connectivity index (χ2v) is 4.73. The molecule has 0 aromatic carbocycles. The van der Waals surface area contributed by atoms with Gasteiger partial charge in [-0.1, -0.05) is 6.07 Å². The highest BCUT2D eigenvalue weighted by atomic mass is 16.5. The van der Waals surface area contributed by atoms with E-state index < -0.39 is 0 Å². The molecule has 7 nitrogen and oxygen atoms in total. The highest BCUT2D eigenvalue weighted by molar-refractivity contribution is 6.01. The molecule has 0 bridgehead atoms. The molecule has 2 fully saturated rings. The molecule has 0 atom stereocenters. The molecule has 2 aliphatic rings. The van der Waals surface area contributed by atoms with E-state index in [4.69, 9.17) is 4.74 Å². The summed E-state index contributed by atoms with van der Waals surface area (Å²) in [6.45, 7) is 3.28. The van der Waals surface area contributed by atoms with Crippen LogP contribution in [0.25, 0.3) is 0 Å². The first-order valence-corrected chi connectivity index (χ1v) is 6.61. The summed E-state index contributed by atoms with van der Waals surface area (Å²) >= 11 is 0. The number of carbonyl (C=O) groups is 2. The van der Waals surface area contributed by atoms with Gasteiger partial charge in [-0.3, -0.25) is 9.69 Å². The van der Waals surface area contributed by atoms with Crippen molar-refractivity contribution in [2.75, 3.05) is 37.7 Å². The molecule has 3 rings (SSSR count). The molecule has 0 spiro atoms. The van der Waals surface area contributed by atoms with E-state index in [1.165, 1.54) is 4.90 Å². The van der Waals surface area contributed by atoms with Crippen molar-refractivity contribution in [1.29, 1.82) is 0 Å². The average Bonchev–Trinajstić information content (AvgIpc) is 2.80. The largest absolute Gasteiger partial charge is 0.378 e. The zero-order valence-corrected chi connectivity index (χ0v) is 11.0. The van der Waals surface area contributed by atoms with Gasteiger partial charge in [0.1, 0.15) is 5.82 Å². The Morgan fingerprint density at radius 3 is 2.75 bits per heavy atom. The van der Waals surface area contributed by atoms with Crippen LogP contribution < -0.4 is 10.2 Å². The molecule has 1 N–H and O–H groups in total. The van der Waals surface area contributed by atoms with Crippen molar-refractivity contribution in [2.45, 2.75) is 6.54 Å². The minimum Gasteiger partial charge on any atom is -0.378 e. The van der Waals surface area contributed by atoms with Crippen molar-refractivity contribution >= 4 is 17.8 Å². The monoisotopic (exact) mass is 276 g/mol. The summed E-state index contributed by atoms with van der Waals surface area (Å²) in [7, 11) is 0. The van der Waals surface area contributed by atoms with Crippen molar-refractivity contribution in [2.24, 2.45) is 0 Å². The van der Waals surface area contributed by atoms with E-state index in [9.17, 15) is 9.59 Å². The summed E-state index contributed by atoms with van der Waals surface area (Å²) in [6.07, 6.45) is 0. The van der Waals surface area contributed by atoms with Gasteiger partial charge in [-0.05, 0) is 12.1 Å². The molecule has 3 amide bonds. The smallest absolute Gasteiger partial charge is 0.324 e. The third-order valence-corrected chi connectivity index (χ3v) is 3.38. The molecule has 106 valence electrons. The van der Waals surface area contributed by atoms with Crippen LogP contribution >= 0.6 is 0 Å². The van der Waals surface area contributed by atoms with Crippen LogP contribution in [0.5, 0.6) is 0 Å². The molecule has 0 aliphatic carbocycles. The number of urea groups is 1. The van der Waals surface area contributed by atoms with Gasteiger partial charge >= 0.3 is 6.03 Å². The number of nitrogens with one attached hydrogen (secondary N) is 1. The van der Waals surface area contributed by atoms with Gasteiger partial charge in [0.15, 0.2) is 0 Å². The number of anilines is 1. The van der Waals surface area contributed by atoms with Crippen LogP contribution in [-0.2, 0) is 16.1 Å². The Morgan fingerprint density at radius 1 is 1.25 bits per heavy atom. The molecule has 1 aromatic heterocycles. The topological polar surface area (TPSA) is 74.8 Å². The number of hydrogen-bond donors (Lipinski definition) is 1. The Morgan fingerprint density at radius 2 is 2.05 bits per heavy atom. The maximum absolute atomic E-state index is 11.6. The molecule has 0 saturated carbocycles. The maximum Gasteiger partial charge on any atom is 0.324 e. The number of rotatable bonds is 3. The van der Waals surface area contributed by atoms with Gasteiger partial charge in [-0.2, -0.15) is 0 Å². The fourth-order valence-electron chi connectivity index (χ4n) is 2.30. The summed E-state index contributed by atoms with van der Waals surface area (Å²) in [5.74, 6) is 0.645. The lowest BCUT2D eigenvalue weighted by Gasteiger charge is -2.28. The summed E-state index contributed by atoms with van der Waals surface area (Å²) < 4.78 is 5.31. The molecule has 7 heteroatoms. The lowest BCUT2D eigenvalue weighted by Crippen LogP contribution is -2.37. The Hall–Kier alpha value is -2.15. The predicted molar refractivity (Wildman–Crippen MR) is 71.2 cm³/mol. The lowest BCUT2D eigenvalue weighted by atomic mass is 10.3. The Kier molecular flexibility index (Phi) is 3.51. The maximum atomic E-state index is 11.6. The minimum atomic E-state index is -0.353. The third kappa shape index (κ3) is 2.57. The Bertz CT molecular complexity index is 512. The first-order chi connectivity index (χ1) is 9.74. The van der Waals surface area contributed by atoms with Crippen molar-refractivity contribution < 1.29 is 14.3 Å². The van der Waals surface area contributed by atoms with Crippen LogP contribution in [0.1, 0.15) is 5.69 Å². The highest BCUT2D eigenvalue weighted by Crippen LogP contribution is 2.15. The van der Waals surface area contributed by atoms with Crippen molar-refractivity contribution in [3.8, 4) is 0 Å². The Balaban J connectivity index is 1.74. The van der Waals surface area contributed by atoms with E-state index in [-0.39, 0.29) is 25.0 Å². The van der Waals surface area contributed by atoms with Crippen LogP contribution in [0.15, 0.2) is 18.2 Å². The molecular formula is C13H16N4O3. The van der Waals surface area contributed by atoms with E-state index in [1.807, 2.05) is 18.2 Å². The fourth-order valence-corrected chi connectivity index (χ4v) is 2.30. The second kappa shape index (κ2) is 5.46. The highest BCUT2D eigenvalue weighted by Gasteiger charge is 2.28. The van der Waals surface area contributed by atoms with Gasteiger partial charge in [-0.25, -0.2) is 9.78 Å². The van der Waals surface area contributed by atoms with Crippen LogP contribution in [0.4, 0.5) is 10.6 Å². The summed E-state index contributed by atoms with van der Waals surface area (Å²) in [4.78, 5) is 30.9. The molecule has 0 unspecified atom stereocenters. The summed E-state index contributed by atoms with van der Waals surface area (Å²) in [5, 5.41) is 2.50. The quantitative estimate of drug-likeness (QED) is 0.785. The SMILES string of the molecule is O=C1CNC(=O)N1Cc1cccc(N2CCOCC2)n1. The van der Waals surface area contributed by atoms with Gasteiger partial charge in [0.2, 0.25) is 5.91 Å².